The molecule has 3 atom stereocenters. The third-order valence-corrected chi connectivity index (χ3v) is 4.92. The molecule has 3 unspecified atom stereocenters. The van der Waals surface area contributed by atoms with Gasteiger partial charge < -0.3 is 10.6 Å². The number of nitrogens with zero attached hydrogens (tertiary/aromatic N) is 1. The molecule has 2 aliphatic rings. The Morgan fingerprint density at radius 2 is 1.95 bits per heavy atom. The quantitative estimate of drug-likeness (QED) is 0.898. The first-order valence-electron chi connectivity index (χ1n) is 7.69. The number of piperidine rings is 1. The summed E-state index contributed by atoms with van der Waals surface area (Å²) in [6, 6.07) is 7.77. The predicted molar refractivity (Wildman–Crippen MR) is 80.2 cm³/mol. The van der Waals surface area contributed by atoms with Crippen LogP contribution >= 0.6 is 0 Å². The molecule has 1 saturated carbocycles. The predicted octanol–water partition coefficient (Wildman–Crippen LogP) is 3.18. The second-order valence-corrected chi connectivity index (χ2v) is 6.64. The van der Waals surface area contributed by atoms with Crippen LogP contribution in [0.25, 0.3) is 0 Å². The SMILES string of the molecule is Cc1cc(C)cc(C(N)CCN2CC3CCC2C3)c1. The molecule has 1 saturated heterocycles. The maximum absolute atomic E-state index is 6.38. The van der Waals surface area contributed by atoms with E-state index in [1.165, 1.54) is 49.0 Å². The number of hydrogen-bond acceptors (Lipinski definition) is 2. The van der Waals surface area contributed by atoms with Crippen LogP contribution in [0.15, 0.2) is 18.2 Å². The number of benzene rings is 1. The lowest BCUT2D eigenvalue weighted by Crippen LogP contribution is -2.34. The fourth-order valence-corrected chi connectivity index (χ4v) is 4.00. The van der Waals surface area contributed by atoms with Gasteiger partial charge in [0.05, 0.1) is 0 Å². The van der Waals surface area contributed by atoms with Crippen molar-refractivity contribution in [1.82, 2.24) is 4.90 Å². The van der Waals surface area contributed by atoms with Crippen LogP contribution in [0, 0.1) is 19.8 Å². The maximum Gasteiger partial charge on any atom is 0.0307 e. The van der Waals surface area contributed by atoms with Gasteiger partial charge in [-0.05, 0) is 51.0 Å². The highest BCUT2D eigenvalue weighted by Gasteiger charge is 2.37. The van der Waals surface area contributed by atoms with Crippen molar-refractivity contribution < 1.29 is 0 Å². The Labute approximate surface area is 117 Å². The molecule has 1 aromatic rings. The average molecular weight is 258 g/mol. The largest absolute Gasteiger partial charge is 0.324 e. The topological polar surface area (TPSA) is 29.3 Å². The summed E-state index contributed by atoms with van der Waals surface area (Å²) in [5.74, 6) is 0.988. The third-order valence-electron chi connectivity index (χ3n) is 4.92. The molecule has 2 nitrogen and oxygen atoms in total. The van der Waals surface area contributed by atoms with Gasteiger partial charge in [0.1, 0.15) is 0 Å². The molecule has 1 aliphatic carbocycles. The van der Waals surface area contributed by atoms with Gasteiger partial charge in [-0.15, -0.1) is 0 Å². The van der Waals surface area contributed by atoms with E-state index in [2.05, 4.69) is 36.9 Å². The molecule has 0 aromatic heterocycles. The van der Waals surface area contributed by atoms with Crippen LogP contribution in [-0.4, -0.2) is 24.0 Å². The lowest BCUT2D eigenvalue weighted by molar-refractivity contribution is 0.206. The zero-order valence-corrected chi connectivity index (χ0v) is 12.2. The van der Waals surface area contributed by atoms with Crippen molar-refractivity contribution in [3.63, 3.8) is 0 Å². The molecule has 2 N–H and O–H groups in total. The molecular weight excluding hydrogens is 232 g/mol. The average Bonchev–Trinajstić information content (AvgIpc) is 2.96. The Morgan fingerprint density at radius 3 is 2.53 bits per heavy atom. The number of nitrogens with two attached hydrogens (primary N) is 1. The highest BCUT2D eigenvalue weighted by atomic mass is 15.2. The van der Waals surface area contributed by atoms with E-state index in [1.54, 1.807) is 0 Å². The Hall–Kier alpha value is -0.860. The first kappa shape index (κ1) is 13.1. The van der Waals surface area contributed by atoms with Crippen molar-refractivity contribution in [2.24, 2.45) is 11.7 Å². The zero-order chi connectivity index (χ0) is 13.4. The van der Waals surface area contributed by atoms with E-state index in [0.717, 1.165) is 18.4 Å². The van der Waals surface area contributed by atoms with Crippen LogP contribution in [0.5, 0.6) is 0 Å². The minimum absolute atomic E-state index is 0.192. The summed E-state index contributed by atoms with van der Waals surface area (Å²) in [4.78, 5) is 2.68. The Kier molecular flexibility index (Phi) is 3.64. The zero-order valence-electron chi connectivity index (χ0n) is 12.2. The lowest BCUT2D eigenvalue weighted by atomic mass is 9.99. The van der Waals surface area contributed by atoms with Crippen molar-refractivity contribution in [2.45, 2.75) is 51.6 Å². The first-order valence-corrected chi connectivity index (χ1v) is 7.69. The molecule has 1 heterocycles. The van der Waals surface area contributed by atoms with Crippen molar-refractivity contribution in [3.05, 3.63) is 34.9 Å². The van der Waals surface area contributed by atoms with E-state index in [-0.39, 0.29) is 6.04 Å². The standard InChI is InChI=1S/C17H26N2/c1-12-7-13(2)9-15(8-12)17(18)5-6-19-11-14-3-4-16(19)10-14/h7-9,14,16-17H,3-6,10-11,18H2,1-2H3. The van der Waals surface area contributed by atoms with Crippen molar-refractivity contribution in [1.29, 1.82) is 0 Å². The van der Waals surface area contributed by atoms with Gasteiger partial charge in [0, 0.05) is 25.2 Å². The summed E-state index contributed by atoms with van der Waals surface area (Å²) in [7, 11) is 0. The molecule has 104 valence electrons. The molecule has 2 heteroatoms. The van der Waals surface area contributed by atoms with Gasteiger partial charge in [0.15, 0.2) is 0 Å². The van der Waals surface area contributed by atoms with E-state index >= 15 is 0 Å². The molecule has 2 bridgehead atoms. The highest BCUT2D eigenvalue weighted by Crippen LogP contribution is 2.37. The van der Waals surface area contributed by atoms with E-state index in [4.69, 9.17) is 5.73 Å². The number of hydrogen-bond donors (Lipinski definition) is 1. The Morgan fingerprint density at radius 1 is 1.21 bits per heavy atom. The highest BCUT2D eigenvalue weighted by molar-refractivity contribution is 5.30. The van der Waals surface area contributed by atoms with Crippen molar-refractivity contribution in [3.8, 4) is 0 Å². The van der Waals surface area contributed by atoms with Gasteiger partial charge in [-0.1, -0.05) is 29.3 Å². The first-order chi connectivity index (χ1) is 9.11. The van der Waals surface area contributed by atoms with Crippen molar-refractivity contribution >= 4 is 0 Å². The van der Waals surface area contributed by atoms with E-state index in [1.807, 2.05) is 0 Å². The van der Waals surface area contributed by atoms with Gasteiger partial charge in [0.25, 0.3) is 0 Å². The van der Waals surface area contributed by atoms with Gasteiger partial charge in [-0.25, -0.2) is 0 Å². The summed E-state index contributed by atoms with van der Waals surface area (Å²) in [6.45, 7) is 6.81. The minimum atomic E-state index is 0.192. The van der Waals surface area contributed by atoms with E-state index in [9.17, 15) is 0 Å². The van der Waals surface area contributed by atoms with Crippen molar-refractivity contribution in [2.75, 3.05) is 13.1 Å². The maximum atomic E-state index is 6.38. The number of fused-ring (bicyclic) bond motifs is 2. The van der Waals surface area contributed by atoms with Crippen LogP contribution in [0.3, 0.4) is 0 Å². The van der Waals surface area contributed by atoms with Crippen LogP contribution in [0.2, 0.25) is 0 Å². The van der Waals surface area contributed by atoms with E-state index in [0.29, 0.717) is 0 Å². The van der Waals surface area contributed by atoms with Gasteiger partial charge >= 0.3 is 0 Å². The van der Waals surface area contributed by atoms with Crippen LogP contribution < -0.4 is 5.73 Å². The molecule has 19 heavy (non-hydrogen) atoms. The Balaban J connectivity index is 1.57. The molecule has 1 aliphatic heterocycles. The summed E-state index contributed by atoms with van der Waals surface area (Å²) >= 11 is 0. The molecule has 3 rings (SSSR count). The van der Waals surface area contributed by atoms with Gasteiger partial charge in [-0.2, -0.15) is 0 Å². The minimum Gasteiger partial charge on any atom is -0.324 e. The fraction of sp³-hybridized carbons (Fsp3) is 0.647. The molecule has 0 amide bonds. The number of rotatable bonds is 4. The Bertz CT molecular complexity index is 434. The summed E-state index contributed by atoms with van der Waals surface area (Å²) in [5.41, 5.74) is 10.3. The second-order valence-electron chi connectivity index (χ2n) is 6.64. The van der Waals surface area contributed by atoms with Crippen LogP contribution in [0.4, 0.5) is 0 Å². The summed E-state index contributed by atoms with van der Waals surface area (Å²) < 4.78 is 0. The molecular formula is C17H26N2. The third kappa shape index (κ3) is 2.85. The lowest BCUT2D eigenvalue weighted by Gasteiger charge is -2.28. The summed E-state index contributed by atoms with van der Waals surface area (Å²) in [6.07, 6.45) is 5.42. The monoisotopic (exact) mass is 258 g/mol. The smallest absolute Gasteiger partial charge is 0.0307 e. The normalized spacial score (nSPS) is 27.9. The molecule has 2 fully saturated rings. The number of aryl methyl sites for hydroxylation is 2. The number of likely N-dealkylation sites (tertiary alicyclic amines) is 1. The van der Waals surface area contributed by atoms with Gasteiger partial charge in [-0.3, -0.25) is 0 Å². The second kappa shape index (κ2) is 5.26. The summed E-state index contributed by atoms with van der Waals surface area (Å²) in [5, 5.41) is 0. The van der Waals surface area contributed by atoms with Crippen LogP contribution in [0.1, 0.15) is 48.4 Å². The van der Waals surface area contributed by atoms with Crippen LogP contribution in [-0.2, 0) is 0 Å². The molecule has 0 radical (unpaired) electrons. The van der Waals surface area contributed by atoms with Gasteiger partial charge in [0.2, 0.25) is 0 Å². The van der Waals surface area contributed by atoms with E-state index < -0.39 is 0 Å². The molecule has 0 spiro atoms. The fourth-order valence-electron chi connectivity index (χ4n) is 4.00. The molecule has 1 aromatic carbocycles.